The topological polar surface area (TPSA) is 0 Å². The van der Waals surface area contributed by atoms with Crippen LogP contribution in [0.3, 0.4) is 0 Å². The van der Waals surface area contributed by atoms with E-state index in [1.54, 1.807) is 0 Å². The van der Waals surface area contributed by atoms with Gasteiger partial charge in [-0.25, -0.2) is 0 Å². The van der Waals surface area contributed by atoms with E-state index in [1.165, 1.54) is 28.2 Å². The van der Waals surface area contributed by atoms with Crippen molar-refractivity contribution in [1.82, 2.24) is 0 Å². The van der Waals surface area contributed by atoms with Crippen LogP contribution >= 0.6 is 0 Å². The van der Waals surface area contributed by atoms with Crippen molar-refractivity contribution < 1.29 is 0 Å². The molecule has 0 nitrogen and oxygen atoms in total. The second-order valence-corrected chi connectivity index (χ2v) is 6.15. The molecule has 0 spiro atoms. The van der Waals surface area contributed by atoms with E-state index in [-0.39, 0.29) is 0 Å². The van der Waals surface area contributed by atoms with Crippen LogP contribution in [0.5, 0.6) is 0 Å². The summed E-state index contributed by atoms with van der Waals surface area (Å²) in [5.41, 5.74) is 1.22. The molecule has 0 saturated carbocycles. The molecule has 0 N–H and O–H groups in total. The Kier molecular flexibility index (Phi) is 9.02. The van der Waals surface area contributed by atoms with Crippen molar-refractivity contribution in [1.29, 1.82) is 0 Å². The Morgan fingerprint density at radius 3 is 2.69 bits per heavy atom. The van der Waals surface area contributed by atoms with Gasteiger partial charge in [-0.05, 0) is 0 Å². The second kappa shape index (κ2) is 8.84. The fourth-order valence-electron chi connectivity index (χ4n) is 0.746. The molecule has 0 rings (SSSR count). The van der Waals surface area contributed by atoms with Crippen molar-refractivity contribution in [3.8, 4) is 0 Å². The maximum absolute atomic E-state index is 3.78. The van der Waals surface area contributed by atoms with Gasteiger partial charge in [-0.2, -0.15) is 0 Å². The van der Waals surface area contributed by atoms with Crippen molar-refractivity contribution in [2.75, 3.05) is 0 Å². The molecular weight excluding hydrogens is 290 g/mol. The molecule has 0 aliphatic heterocycles. The first-order valence-electron chi connectivity index (χ1n) is 4.50. The minimum atomic E-state index is 0.666. The zero-order valence-electron chi connectivity index (χ0n) is 8.38. The third-order valence-electron chi connectivity index (χ3n) is 1.59. The van der Waals surface area contributed by atoms with Crippen LogP contribution in [-0.2, 0) is 0 Å². The van der Waals surface area contributed by atoms with Gasteiger partial charge in [0.25, 0.3) is 0 Å². The molecule has 0 heterocycles. The molecule has 1 radical (unpaired) electrons. The molecule has 73 valence electrons. The van der Waals surface area contributed by atoms with Gasteiger partial charge in [0, 0.05) is 0 Å². The number of rotatable bonds is 6. The van der Waals surface area contributed by atoms with Gasteiger partial charge in [0.05, 0.1) is 0 Å². The van der Waals surface area contributed by atoms with Gasteiger partial charge in [-0.1, -0.05) is 0 Å². The van der Waals surface area contributed by atoms with Crippen LogP contribution in [0.1, 0.15) is 26.7 Å². The third kappa shape index (κ3) is 7.34. The van der Waals surface area contributed by atoms with Crippen LogP contribution in [-0.4, -0.2) is 31.0 Å². The van der Waals surface area contributed by atoms with Gasteiger partial charge < -0.3 is 0 Å². The Balaban J connectivity index is 3.82. The van der Waals surface area contributed by atoms with Crippen molar-refractivity contribution in [2.45, 2.75) is 32.0 Å². The molecule has 0 aromatic carbocycles. The van der Waals surface area contributed by atoms with E-state index < -0.39 is 0 Å². The number of unbranched alkanes of at least 4 members (excludes halogenated alkanes) is 1. The molecule has 0 saturated heterocycles. The molecule has 0 atom stereocenters. The van der Waals surface area contributed by atoms with E-state index in [9.17, 15) is 0 Å². The molecule has 0 fully saturated rings. The monoisotopic (exact) mass is 309 g/mol. The third-order valence-corrected chi connectivity index (χ3v) is 3.87. The molecule has 0 aromatic heterocycles. The average Bonchev–Trinajstić information content (AvgIpc) is 2.10. The summed E-state index contributed by atoms with van der Waals surface area (Å²) < 4.78 is 1.22. The second-order valence-electron chi connectivity index (χ2n) is 2.74. The molecule has 0 amide bonds. The molecule has 2 heteroatoms. The summed E-state index contributed by atoms with van der Waals surface area (Å²) in [6.45, 7) is 8.08. The molecular formula is C11H17Se2. The Hall–Kier alpha value is 0.259. The summed E-state index contributed by atoms with van der Waals surface area (Å²) in [7, 11) is 0. The standard InChI is InChI=1S/C11H17Se2/c1-4-6-8-13-9-7-11(5-2)10(3)12/h5,7,9H,2,4,6,8H2,1,3H3/b9-7+,11-10+. The van der Waals surface area contributed by atoms with Gasteiger partial charge >= 0.3 is 96.7 Å². The average molecular weight is 307 g/mol. The van der Waals surface area contributed by atoms with E-state index in [4.69, 9.17) is 0 Å². The van der Waals surface area contributed by atoms with E-state index in [0.29, 0.717) is 15.0 Å². The quantitative estimate of drug-likeness (QED) is 0.402. The molecule has 0 aliphatic rings. The number of allylic oxidation sites excluding steroid dienone is 4. The predicted octanol–water partition coefficient (Wildman–Crippen LogP) is 3.05. The van der Waals surface area contributed by atoms with Crippen LogP contribution in [0.2, 0.25) is 5.32 Å². The fraction of sp³-hybridized carbons (Fsp3) is 0.455. The van der Waals surface area contributed by atoms with Gasteiger partial charge in [0.2, 0.25) is 0 Å². The van der Waals surface area contributed by atoms with E-state index in [0.717, 1.165) is 0 Å². The van der Waals surface area contributed by atoms with E-state index >= 15 is 0 Å². The first kappa shape index (κ1) is 13.3. The number of hydrogen-bond donors (Lipinski definition) is 0. The SMILES string of the molecule is C=CC(/C=C/[Se]CCCC)=C(/C)[Se]. The van der Waals surface area contributed by atoms with Crippen molar-refractivity contribution in [3.05, 3.63) is 33.8 Å². The minimum absolute atomic E-state index is 0.666. The van der Waals surface area contributed by atoms with Crippen LogP contribution in [0.25, 0.3) is 0 Å². The van der Waals surface area contributed by atoms with Crippen LogP contribution < -0.4 is 0 Å². The normalized spacial score (nSPS) is 13.1. The zero-order valence-corrected chi connectivity index (χ0v) is 11.8. The summed E-state index contributed by atoms with van der Waals surface area (Å²) >= 11 is 3.67. The first-order valence-corrected chi connectivity index (χ1v) is 7.56. The summed E-state index contributed by atoms with van der Waals surface area (Å²) in [4.78, 5) is 2.29. The number of hydrogen-bond acceptors (Lipinski definition) is 0. The van der Waals surface area contributed by atoms with Crippen LogP contribution in [0.4, 0.5) is 0 Å². The predicted molar refractivity (Wildman–Crippen MR) is 63.3 cm³/mol. The molecule has 0 aliphatic carbocycles. The Morgan fingerprint density at radius 2 is 2.23 bits per heavy atom. The molecule has 0 aromatic rings. The van der Waals surface area contributed by atoms with Gasteiger partial charge in [-0.3, -0.25) is 0 Å². The summed E-state index contributed by atoms with van der Waals surface area (Å²) in [6, 6.07) is 0. The Bertz CT molecular complexity index is 198. The van der Waals surface area contributed by atoms with Crippen LogP contribution in [0.15, 0.2) is 33.8 Å². The zero-order chi connectivity index (χ0) is 10.1. The van der Waals surface area contributed by atoms with Crippen molar-refractivity contribution in [3.63, 3.8) is 0 Å². The maximum atomic E-state index is 3.78. The molecule has 13 heavy (non-hydrogen) atoms. The summed E-state index contributed by atoms with van der Waals surface area (Å²) in [6.07, 6.45) is 6.74. The Morgan fingerprint density at radius 1 is 1.54 bits per heavy atom. The molecule has 0 bridgehead atoms. The van der Waals surface area contributed by atoms with Crippen molar-refractivity contribution >= 4 is 31.0 Å². The first-order chi connectivity index (χ1) is 6.22. The van der Waals surface area contributed by atoms with Gasteiger partial charge in [-0.15, -0.1) is 0 Å². The van der Waals surface area contributed by atoms with Crippen molar-refractivity contribution in [2.24, 2.45) is 0 Å². The Labute approximate surface area is 96.5 Å². The fourth-order valence-corrected chi connectivity index (χ4v) is 2.81. The summed E-state index contributed by atoms with van der Waals surface area (Å²) in [5, 5.41) is 1.36. The van der Waals surface area contributed by atoms with Crippen LogP contribution in [0, 0.1) is 0 Å². The van der Waals surface area contributed by atoms with E-state index in [1.807, 2.05) is 6.08 Å². The van der Waals surface area contributed by atoms with Gasteiger partial charge in [0.1, 0.15) is 0 Å². The van der Waals surface area contributed by atoms with E-state index in [2.05, 4.69) is 47.5 Å². The summed E-state index contributed by atoms with van der Waals surface area (Å²) in [5.74, 6) is 0. The molecule has 0 unspecified atom stereocenters. The van der Waals surface area contributed by atoms with Gasteiger partial charge in [0.15, 0.2) is 0 Å².